The van der Waals surface area contributed by atoms with Gasteiger partial charge in [0.2, 0.25) is 10.0 Å². The van der Waals surface area contributed by atoms with E-state index < -0.39 is 10.0 Å². The molecule has 2 aromatic carbocycles. The molecule has 0 saturated carbocycles. The summed E-state index contributed by atoms with van der Waals surface area (Å²) in [6.45, 7) is 7.43. The van der Waals surface area contributed by atoms with E-state index in [9.17, 15) is 13.2 Å². The molecule has 10 heteroatoms. The van der Waals surface area contributed by atoms with Crippen LogP contribution in [0.15, 0.2) is 65.8 Å². The predicted octanol–water partition coefficient (Wildman–Crippen LogP) is 5.52. The molecule has 0 aliphatic carbocycles. The molecule has 1 aliphatic rings. The monoisotopic (exact) mass is 564 g/mol. The summed E-state index contributed by atoms with van der Waals surface area (Å²) in [5.41, 5.74) is 2.97. The van der Waals surface area contributed by atoms with Crippen LogP contribution in [0.1, 0.15) is 41.8 Å². The van der Waals surface area contributed by atoms with Crippen LogP contribution in [0.2, 0.25) is 0 Å². The first kappa shape index (κ1) is 27.2. The Morgan fingerprint density at radius 1 is 1.10 bits per heavy atom. The number of methoxy groups -OCH3 is 1. The van der Waals surface area contributed by atoms with Crippen LogP contribution in [-0.2, 0) is 16.6 Å². The standard InChI is InChI=1S/C29H32N4O4S2/c1-19-14-20(2)17-32(16-19)39(35,36)24-10-8-23(9-11-24)28(34)33(18-22-6-5-13-30-15-22)29-31-26-25(37-4)12-7-21(3)27(26)38-29/h5-13,15,19-20H,14,16-18H2,1-4H3. The van der Waals surface area contributed by atoms with Crippen molar-refractivity contribution in [3.8, 4) is 5.75 Å². The Labute approximate surface area is 233 Å². The van der Waals surface area contributed by atoms with Crippen molar-refractivity contribution in [3.05, 3.63) is 77.6 Å². The number of hydrogen-bond donors (Lipinski definition) is 0. The van der Waals surface area contributed by atoms with E-state index >= 15 is 0 Å². The van der Waals surface area contributed by atoms with Crippen molar-refractivity contribution in [2.75, 3.05) is 25.1 Å². The van der Waals surface area contributed by atoms with E-state index in [2.05, 4.69) is 18.8 Å². The van der Waals surface area contributed by atoms with E-state index in [-0.39, 0.29) is 17.3 Å². The highest BCUT2D eigenvalue weighted by molar-refractivity contribution is 7.89. The zero-order valence-electron chi connectivity index (χ0n) is 22.5. The maximum absolute atomic E-state index is 13.9. The molecule has 39 heavy (non-hydrogen) atoms. The fourth-order valence-electron chi connectivity index (χ4n) is 5.16. The number of thiazole rings is 1. The van der Waals surface area contributed by atoms with Gasteiger partial charge >= 0.3 is 0 Å². The topological polar surface area (TPSA) is 92.7 Å². The average Bonchev–Trinajstić information content (AvgIpc) is 3.38. The van der Waals surface area contributed by atoms with Crippen molar-refractivity contribution in [2.45, 2.75) is 38.6 Å². The maximum Gasteiger partial charge on any atom is 0.260 e. The largest absolute Gasteiger partial charge is 0.494 e. The van der Waals surface area contributed by atoms with Gasteiger partial charge in [0.1, 0.15) is 11.3 Å². The molecule has 2 aromatic heterocycles. The fourth-order valence-corrected chi connectivity index (χ4v) is 7.88. The van der Waals surface area contributed by atoms with Crippen molar-refractivity contribution in [3.63, 3.8) is 0 Å². The Bertz CT molecular complexity index is 1580. The lowest BCUT2D eigenvalue weighted by Gasteiger charge is -2.34. The van der Waals surface area contributed by atoms with E-state index in [0.29, 0.717) is 46.9 Å². The number of aromatic nitrogens is 2. The van der Waals surface area contributed by atoms with E-state index in [1.165, 1.54) is 23.5 Å². The molecule has 0 N–H and O–H groups in total. The summed E-state index contributed by atoms with van der Waals surface area (Å²) < 4.78 is 34.7. The van der Waals surface area contributed by atoms with Crippen LogP contribution in [0.4, 0.5) is 5.13 Å². The number of benzene rings is 2. The zero-order valence-corrected chi connectivity index (χ0v) is 24.1. The van der Waals surface area contributed by atoms with Gasteiger partial charge in [-0.25, -0.2) is 13.4 Å². The van der Waals surface area contributed by atoms with Crippen LogP contribution in [0.3, 0.4) is 0 Å². The van der Waals surface area contributed by atoms with Crippen LogP contribution >= 0.6 is 11.3 Å². The molecule has 1 fully saturated rings. The minimum atomic E-state index is -3.65. The molecular weight excluding hydrogens is 532 g/mol. The molecule has 0 radical (unpaired) electrons. The number of rotatable bonds is 7. The number of carbonyl (C=O) groups is 1. The molecule has 0 spiro atoms. The normalized spacial score (nSPS) is 18.3. The van der Waals surface area contributed by atoms with Gasteiger partial charge in [0.25, 0.3) is 5.91 Å². The number of hydrogen-bond acceptors (Lipinski definition) is 7. The van der Waals surface area contributed by atoms with E-state index in [4.69, 9.17) is 9.72 Å². The van der Waals surface area contributed by atoms with Crippen LogP contribution in [0.5, 0.6) is 5.75 Å². The Morgan fingerprint density at radius 2 is 1.82 bits per heavy atom. The number of sulfonamides is 1. The molecule has 1 amide bonds. The Kier molecular flexibility index (Phi) is 7.70. The molecule has 2 unspecified atom stereocenters. The summed E-state index contributed by atoms with van der Waals surface area (Å²) in [6, 6.07) is 13.8. The molecular formula is C29H32N4O4S2. The van der Waals surface area contributed by atoms with Gasteiger partial charge in [0.05, 0.1) is 23.2 Å². The zero-order chi connectivity index (χ0) is 27.7. The van der Waals surface area contributed by atoms with E-state index in [1.807, 2.05) is 31.2 Å². The number of aryl methyl sites for hydroxylation is 1. The summed E-state index contributed by atoms with van der Waals surface area (Å²) in [6.07, 6.45) is 4.42. The highest BCUT2D eigenvalue weighted by Gasteiger charge is 2.32. The molecule has 1 saturated heterocycles. The smallest absolute Gasteiger partial charge is 0.260 e. The lowest BCUT2D eigenvalue weighted by molar-refractivity contribution is 0.0985. The second-order valence-electron chi connectivity index (χ2n) is 10.3. The minimum absolute atomic E-state index is 0.194. The number of piperidine rings is 1. The quantitative estimate of drug-likeness (QED) is 0.293. The number of anilines is 1. The van der Waals surface area contributed by atoms with Crippen molar-refractivity contribution in [1.82, 2.24) is 14.3 Å². The van der Waals surface area contributed by atoms with Gasteiger partial charge < -0.3 is 4.74 Å². The third-order valence-corrected chi connectivity index (χ3v) is 10.1. The van der Waals surface area contributed by atoms with Gasteiger partial charge in [0.15, 0.2) is 5.13 Å². The molecule has 3 heterocycles. The molecule has 4 aromatic rings. The molecule has 204 valence electrons. The van der Waals surface area contributed by atoms with Crippen LogP contribution < -0.4 is 9.64 Å². The van der Waals surface area contributed by atoms with Crippen molar-refractivity contribution in [2.24, 2.45) is 11.8 Å². The van der Waals surface area contributed by atoms with Gasteiger partial charge in [-0.1, -0.05) is 37.3 Å². The Morgan fingerprint density at radius 3 is 2.46 bits per heavy atom. The molecule has 8 nitrogen and oxygen atoms in total. The first-order valence-electron chi connectivity index (χ1n) is 12.9. The predicted molar refractivity (Wildman–Crippen MR) is 154 cm³/mol. The molecule has 0 bridgehead atoms. The van der Waals surface area contributed by atoms with Crippen LogP contribution in [0.25, 0.3) is 10.2 Å². The van der Waals surface area contributed by atoms with Crippen molar-refractivity contribution < 1.29 is 17.9 Å². The summed E-state index contributed by atoms with van der Waals surface area (Å²) >= 11 is 1.42. The number of carbonyl (C=O) groups excluding carboxylic acids is 1. The lowest BCUT2D eigenvalue weighted by atomic mass is 9.94. The van der Waals surface area contributed by atoms with Gasteiger partial charge in [-0.3, -0.25) is 14.7 Å². The number of fused-ring (bicyclic) bond motifs is 1. The number of amides is 1. The maximum atomic E-state index is 13.9. The second kappa shape index (κ2) is 11.0. The Balaban J connectivity index is 1.49. The third kappa shape index (κ3) is 5.54. The van der Waals surface area contributed by atoms with Crippen LogP contribution in [0, 0.1) is 18.8 Å². The molecule has 2 atom stereocenters. The van der Waals surface area contributed by atoms with Gasteiger partial charge in [-0.05, 0) is 72.7 Å². The minimum Gasteiger partial charge on any atom is -0.494 e. The number of nitrogens with zero attached hydrogens (tertiary/aromatic N) is 4. The van der Waals surface area contributed by atoms with Crippen molar-refractivity contribution >= 4 is 42.6 Å². The van der Waals surface area contributed by atoms with Gasteiger partial charge in [0, 0.05) is 31.0 Å². The first-order chi connectivity index (χ1) is 18.7. The van der Waals surface area contributed by atoms with Crippen molar-refractivity contribution in [1.29, 1.82) is 0 Å². The summed E-state index contributed by atoms with van der Waals surface area (Å²) in [5, 5.41) is 0.527. The van der Waals surface area contributed by atoms with Crippen LogP contribution in [-0.4, -0.2) is 48.8 Å². The summed E-state index contributed by atoms with van der Waals surface area (Å²) in [5.74, 6) is 0.976. The second-order valence-corrected chi connectivity index (χ2v) is 13.2. The first-order valence-corrected chi connectivity index (χ1v) is 15.2. The summed E-state index contributed by atoms with van der Waals surface area (Å²) in [7, 11) is -2.05. The summed E-state index contributed by atoms with van der Waals surface area (Å²) in [4.78, 5) is 24.7. The van der Waals surface area contributed by atoms with E-state index in [1.54, 1.807) is 40.8 Å². The third-order valence-electron chi connectivity index (χ3n) is 7.03. The number of pyridine rings is 1. The fraction of sp³-hybridized carbons (Fsp3) is 0.345. The lowest BCUT2D eigenvalue weighted by Crippen LogP contribution is -2.42. The highest BCUT2D eigenvalue weighted by atomic mass is 32.2. The molecule has 1 aliphatic heterocycles. The highest BCUT2D eigenvalue weighted by Crippen LogP contribution is 2.37. The number of ether oxygens (including phenoxy) is 1. The Hall–Kier alpha value is -3.34. The average molecular weight is 565 g/mol. The van der Waals surface area contributed by atoms with Gasteiger partial charge in [-0.15, -0.1) is 0 Å². The molecule has 5 rings (SSSR count). The van der Waals surface area contributed by atoms with E-state index in [0.717, 1.165) is 22.2 Å². The van der Waals surface area contributed by atoms with Gasteiger partial charge in [-0.2, -0.15) is 4.31 Å². The SMILES string of the molecule is COc1ccc(C)c2sc(N(Cc3cccnc3)C(=O)c3ccc(S(=O)(=O)N4CC(C)CC(C)C4)cc3)nc12.